The van der Waals surface area contributed by atoms with Crippen LogP contribution in [0.25, 0.3) is 0 Å². The fraction of sp³-hybridized carbons (Fsp3) is 0.500. The van der Waals surface area contributed by atoms with Gasteiger partial charge < -0.3 is 21.5 Å². The quantitative estimate of drug-likeness (QED) is 0.618. The topological polar surface area (TPSA) is 87.4 Å². The van der Waals surface area contributed by atoms with Crippen molar-refractivity contribution < 1.29 is 9.90 Å². The molecule has 0 radical (unpaired) electrons. The van der Waals surface area contributed by atoms with Crippen LogP contribution in [-0.4, -0.2) is 23.7 Å². The Labute approximate surface area is 112 Å². The zero-order chi connectivity index (χ0) is 13.4. The third kappa shape index (κ3) is 2.38. The number of aliphatic hydroxyl groups excluding tert-OH is 1. The molecule has 1 aromatic rings. The molecule has 0 saturated heterocycles. The Hall–Kier alpha value is -1.75. The van der Waals surface area contributed by atoms with Crippen molar-refractivity contribution in [3.05, 3.63) is 17.7 Å². The van der Waals surface area contributed by atoms with Crippen molar-refractivity contribution in [2.75, 3.05) is 22.9 Å². The molecule has 1 fully saturated rings. The molecule has 5 nitrogen and oxygen atoms in total. The predicted octanol–water partition coefficient (Wildman–Crippen LogP) is 1.34. The van der Waals surface area contributed by atoms with Crippen LogP contribution in [0.1, 0.15) is 24.8 Å². The third-order valence-electron chi connectivity index (χ3n) is 4.07. The van der Waals surface area contributed by atoms with Gasteiger partial charge in [0.05, 0.1) is 23.9 Å². The molecule has 1 aliphatic heterocycles. The normalized spacial score (nSPS) is 25.2. The van der Waals surface area contributed by atoms with Crippen LogP contribution < -0.4 is 16.4 Å². The molecule has 1 amide bonds. The molecule has 2 unspecified atom stereocenters. The number of carbonyl (C=O) groups excluding carboxylic acids is 1. The summed E-state index contributed by atoms with van der Waals surface area (Å²) in [4.78, 5) is 11.3. The highest BCUT2D eigenvalue weighted by atomic mass is 16.3. The number of benzene rings is 1. The average Bonchev–Trinajstić information content (AvgIpc) is 2.91. The smallest absolute Gasteiger partial charge is 0.228 e. The summed E-state index contributed by atoms with van der Waals surface area (Å²) in [6.07, 6.45) is 3.23. The Morgan fingerprint density at radius 1 is 1.42 bits per heavy atom. The Balaban J connectivity index is 1.71. The van der Waals surface area contributed by atoms with E-state index < -0.39 is 0 Å². The van der Waals surface area contributed by atoms with Crippen LogP contribution in [0.3, 0.4) is 0 Å². The minimum Gasteiger partial charge on any atom is -0.397 e. The van der Waals surface area contributed by atoms with Crippen LogP contribution in [-0.2, 0) is 11.2 Å². The summed E-state index contributed by atoms with van der Waals surface area (Å²) in [6.45, 7) is 0.720. The lowest BCUT2D eigenvalue weighted by atomic mass is 10.1. The largest absolute Gasteiger partial charge is 0.397 e. The molecular formula is C14H19N3O2. The van der Waals surface area contributed by atoms with Gasteiger partial charge in [0.2, 0.25) is 5.91 Å². The molecule has 0 bridgehead atoms. The molecule has 1 heterocycles. The summed E-state index contributed by atoms with van der Waals surface area (Å²) < 4.78 is 0. The van der Waals surface area contributed by atoms with E-state index in [0.717, 1.165) is 42.7 Å². The van der Waals surface area contributed by atoms with Crippen molar-refractivity contribution in [2.24, 2.45) is 5.92 Å². The highest BCUT2D eigenvalue weighted by Gasteiger charge is 2.25. The zero-order valence-corrected chi connectivity index (χ0v) is 10.8. The zero-order valence-electron chi connectivity index (χ0n) is 10.8. The highest BCUT2D eigenvalue weighted by Crippen LogP contribution is 2.32. The van der Waals surface area contributed by atoms with Gasteiger partial charge in [-0.05, 0) is 30.5 Å². The van der Waals surface area contributed by atoms with E-state index in [1.807, 2.05) is 12.1 Å². The molecule has 0 aromatic heterocycles. The first-order valence-electron chi connectivity index (χ1n) is 6.77. The second-order valence-electron chi connectivity index (χ2n) is 5.46. The fourth-order valence-corrected chi connectivity index (χ4v) is 2.94. The SMILES string of the molecule is Nc1cc2c(cc1NCC1CCCC1O)NC(=O)C2. The Morgan fingerprint density at radius 3 is 3.00 bits per heavy atom. The predicted molar refractivity (Wildman–Crippen MR) is 75.0 cm³/mol. The summed E-state index contributed by atoms with van der Waals surface area (Å²) >= 11 is 0. The van der Waals surface area contributed by atoms with Crippen LogP contribution in [0, 0.1) is 5.92 Å². The van der Waals surface area contributed by atoms with Crippen molar-refractivity contribution in [2.45, 2.75) is 31.8 Å². The van der Waals surface area contributed by atoms with Gasteiger partial charge in [-0.25, -0.2) is 0 Å². The van der Waals surface area contributed by atoms with E-state index >= 15 is 0 Å². The number of hydrogen-bond acceptors (Lipinski definition) is 4. The Kier molecular flexibility index (Phi) is 3.06. The van der Waals surface area contributed by atoms with Crippen molar-refractivity contribution in [3.63, 3.8) is 0 Å². The summed E-state index contributed by atoms with van der Waals surface area (Å²) in [6, 6.07) is 3.73. The number of nitrogens with two attached hydrogens (primary N) is 1. The molecule has 2 atom stereocenters. The lowest BCUT2D eigenvalue weighted by molar-refractivity contribution is -0.115. The first kappa shape index (κ1) is 12.3. The molecule has 5 heteroatoms. The number of carbonyl (C=O) groups is 1. The molecule has 1 saturated carbocycles. The lowest BCUT2D eigenvalue weighted by Gasteiger charge is -2.17. The monoisotopic (exact) mass is 261 g/mol. The van der Waals surface area contributed by atoms with Gasteiger partial charge in [0.1, 0.15) is 0 Å². The van der Waals surface area contributed by atoms with Gasteiger partial charge in [-0.1, -0.05) is 6.42 Å². The molecule has 3 rings (SSSR count). The van der Waals surface area contributed by atoms with Crippen LogP contribution in [0.2, 0.25) is 0 Å². The summed E-state index contributed by atoms with van der Waals surface area (Å²) in [5, 5.41) is 15.9. The first-order valence-corrected chi connectivity index (χ1v) is 6.77. The lowest BCUT2D eigenvalue weighted by Crippen LogP contribution is -2.22. The number of nitrogens with one attached hydrogen (secondary N) is 2. The number of rotatable bonds is 3. The number of aliphatic hydroxyl groups is 1. The summed E-state index contributed by atoms with van der Waals surface area (Å²) in [5.74, 6) is 0.306. The Bertz CT molecular complexity index is 516. The van der Waals surface area contributed by atoms with Crippen LogP contribution in [0.4, 0.5) is 17.1 Å². The van der Waals surface area contributed by atoms with Gasteiger partial charge in [0.25, 0.3) is 0 Å². The van der Waals surface area contributed by atoms with E-state index in [2.05, 4.69) is 10.6 Å². The number of nitrogen functional groups attached to an aromatic ring is 1. The molecule has 2 aliphatic rings. The van der Waals surface area contributed by atoms with Gasteiger partial charge in [0.15, 0.2) is 0 Å². The van der Waals surface area contributed by atoms with E-state index in [9.17, 15) is 9.90 Å². The van der Waals surface area contributed by atoms with E-state index in [1.54, 1.807) is 0 Å². The van der Waals surface area contributed by atoms with Crippen LogP contribution >= 0.6 is 0 Å². The number of anilines is 3. The van der Waals surface area contributed by atoms with Crippen molar-refractivity contribution in [1.82, 2.24) is 0 Å². The molecule has 102 valence electrons. The second-order valence-corrected chi connectivity index (χ2v) is 5.46. The molecule has 5 N–H and O–H groups in total. The maximum Gasteiger partial charge on any atom is 0.228 e. The second kappa shape index (κ2) is 4.74. The third-order valence-corrected chi connectivity index (χ3v) is 4.07. The summed E-state index contributed by atoms with van der Waals surface area (Å²) in [7, 11) is 0. The molecular weight excluding hydrogens is 242 g/mol. The maximum absolute atomic E-state index is 11.3. The van der Waals surface area contributed by atoms with Gasteiger partial charge in [-0.15, -0.1) is 0 Å². The minimum absolute atomic E-state index is 0.0118. The van der Waals surface area contributed by atoms with Gasteiger partial charge in [-0.2, -0.15) is 0 Å². The summed E-state index contributed by atoms with van der Waals surface area (Å²) in [5.41, 5.74) is 9.28. The van der Waals surface area contributed by atoms with E-state index in [1.165, 1.54) is 0 Å². The number of hydrogen-bond donors (Lipinski definition) is 4. The maximum atomic E-state index is 11.3. The number of amides is 1. The molecule has 1 aromatic carbocycles. The van der Waals surface area contributed by atoms with Crippen molar-refractivity contribution in [3.8, 4) is 0 Å². The number of fused-ring (bicyclic) bond motifs is 1. The standard InChI is InChI=1S/C14H19N3O2/c15-10-4-9-5-14(19)17-11(9)6-12(10)16-7-8-2-1-3-13(8)18/h4,6,8,13,16,18H,1-3,5,7,15H2,(H,17,19). The van der Waals surface area contributed by atoms with E-state index in [0.29, 0.717) is 18.0 Å². The molecule has 0 spiro atoms. The average molecular weight is 261 g/mol. The van der Waals surface area contributed by atoms with Crippen molar-refractivity contribution in [1.29, 1.82) is 0 Å². The van der Waals surface area contributed by atoms with Gasteiger partial charge >= 0.3 is 0 Å². The minimum atomic E-state index is -0.206. The van der Waals surface area contributed by atoms with E-state index in [4.69, 9.17) is 5.73 Å². The van der Waals surface area contributed by atoms with Crippen LogP contribution in [0.15, 0.2) is 12.1 Å². The van der Waals surface area contributed by atoms with Gasteiger partial charge in [-0.3, -0.25) is 4.79 Å². The van der Waals surface area contributed by atoms with Crippen LogP contribution in [0.5, 0.6) is 0 Å². The van der Waals surface area contributed by atoms with E-state index in [-0.39, 0.29) is 12.0 Å². The van der Waals surface area contributed by atoms with Crippen molar-refractivity contribution >= 4 is 23.0 Å². The molecule has 1 aliphatic carbocycles. The van der Waals surface area contributed by atoms with Gasteiger partial charge in [0, 0.05) is 18.2 Å². The molecule has 19 heavy (non-hydrogen) atoms. The highest BCUT2D eigenvalue weighted by molar-refractivity contribution is 6.00. The fourth-order valence-electron chi connectivity index (χ4n) is 2.94. The Morgan fingerprint density at radius 2 is 2.26 bits per heavy atom. The first-order chi connectivity index (χ1) is 9.13.